The summed E-state index contributed by atoms with van der Waals surface area (Å²) in [5.41, 5.74) is -1.05. The lowest BCUT2D eigenvalue weighted by Crippen LogP contribution is -2.34. The van der Waals surface area contributed by atoms with Gasteiger partial charge in [0.25, 0.3) is 0 Å². The van der Waals surface area contributed by atoms with Crippen LogP contribution in [-0.2, 0) is 23.1 Å². The number of aromatic nitrogens is 1. The number of alkyl halides is 3. The lowest BCUT2D eigenvalue weighted by Gasteiger charge is -2.25. The Morgan fingerprint density at radius 3 is 2.46 bits per heavy atom. The van der Waals surface area contributed by atoms with Crippen molar-refractivity contribution in [3.63, 3.8) is 0 Å². The molecule has 1 atom stereocenters. The van der Waals surface area contributed by atoms with Crippen LogP contribution in [0, 0.1) is 11.3 Å². The summed E-state index contributed by atoms with van der Waals surface area (Å²) in [6.07, 6.45) is -4.78. The minimum absolute atomic E-state index is 0.0310. The Kier molecular flexibility index (Phi) is 6.85. The van der Waals surface area contributed by atoms with E-state index in [1.165, 1.54) is 17.0 Å². The number of aliphatic hydroxyl groups excluding tert-OH is 1. The van der Waals surface area contributed by atoms with Crippen molar-refractivity contribution in [3.8, 4) is 6.07 Å². The van der Waals surface area contributed by atoms with Crippen LogP contribution < -0.4 is 4.90 Å². The normalized spacial score (nSPS) is 12.5. The first-order chi connectivity index (χ1) is 12.3. The summed E-state index contributed by atoms with van der Waals surface area (Å²) in [5, 5.41) is 18.0. The first-order valence-corrected chi connectivity index (χ1v) is 9.07. The van der Waals surface area contributed by atoms with E-state index in [1.807, 2.05) is 6.07 Å². The standard InChI is InChI=1S/C17H16F3N3O2S/c18-17(19,20)16-14(10-21)6-7-15(22-16)23(8-9-24)12-26(25)11-13-4-2-1-3-5-13/h1-7,24H,8-9,11-12H2/t26-/m1/s1. The van der Waals surface area contributed by atoms with Crippen molar-refractivity contribution in [3.05, 3.63) is 59.3 Å². The van der Waals surface area contributed by atoms with Crippen molar-refractivity contribution in [2.24, 2.45) is 0 Å². The summed E-state index contributed by atoms with van der Waals surface area (Å²) in [6.45, 7) is -0.373. The van der Waals surface area contributed by atoms with E-state index in [2.05, 4.69) is 4.98 Å². The maximum Gasteiger partial charge on any atom is 0.434 e. The van der Waals surface area contributed by atoms with Crippen molar-refractivity contribution in [2.45, 2.75) is 11.9 Å². The number of pyridine rings is 1. The van der Waals surface area contributed by atoms with E-state index in [4.69, 9.17) is 5.26 Å². The fourth-order valence-corrected chi connectivity index (χ4v) is 3.54. The summed E-state index contributed by atoms with van der Waals surface area (Å²) in [5.74, 6) is 0.0448. The second kappa shape index (κ2) is 8.89. The molecule has 1 aromatic carbocycles. The third-order valence-electron chi connectivity index (χ3n) is 3.43. The minimum Gasteiger partial charge on any atom is -0.615 e. The number of rotatable bonds is 7. The molecule has 0 fully saturated rings. The average molecular weight is 383 g/mol. The van der Waals surface area contributed by atoms with Crippen LogP contribution in [0.4, 0.5) is 19.0 Å². The van der Waals surface area contributed by atoms with E-state index in [-0.39, 0.29) is 30.6 Å². The molecule has 0 saturated carbocycles. The molecule has 1 heterocycles. The Labute approximate surface area is 151 Å². The van der Waals surface area contributed by atoms with Crippen molar-refractivity contribution < 1.29 is 22.8 Å². The SMILES string of the molecule is N#Cc1ccc(N(CCO)C[S@+]([O-])Cc2ccccc2)nc1C(F)(F)F. The number of hydrogen-bond acceptors (Lipinski definition) is 5. The van der Waals surface area contributed by atoms with Crippen molar-refractivity contribution in [1.29, 1.82) is 5.26 Å². The number of nitrogens with zero attached hydrogens (tertiary/aromatic N) is 3. The van der Waals surface area contributed by atoms with Crippen molar-refractivity contribution in [1.82, 2.24) is 4.98 Å². The third kappa shape index (κ3) is 5.36. The number of benzene rings is 1. The molecule has 0 unspecified atom stereocenters. The van der Waals surface area contributed by atoms with Gasteiger partial charge in [0.15, 0.2) is 11.6 Å². The fourth-order valence-electron chi connectivity index (χ4n) is 2.28. The predicted molar refractivity (Wildman–Crippen MR) is 91.5 cm³/mol. The van der Waals surface area contributed by atoms with E-state index in [1.54, 1.807) is 24.3 Å². The topological polar surface area (TPSA) is 83.2 Å². The van der Waals surface area contributed by atoms with Crippen molar-refractivity contribution >= 4 is 17.0 Å². The molecular weight excluding hydrogens is 367 g/mol. The van der Waals surface area contributed by atoms with Crippen LogP contribution in [0.25, 0.3) is 0 Å². The summed E-state index contributed by atoms with van der Waals surface area (Å²) < 4.78 is 51.6. The van der Waals surface area contributed by atoms with Gasteiger partial charge in [0, 0.05) is 12.1 Å². The molecule has 5 nitrogen and oxygen atoms in total. The van der Waals surface area contributed by atoms with Gasteiger partial charge in [0.05, 0.1) is 12.2 Å². The van der Waals surface area contributed by atoms with Crippen LogP contribution in [0.5, 0.6) is 0 Å². The first-order valence-electron chi connectivity index (χ1n) is 7.58. The van der Waals surface area contributed by atoms with Gasteiger partial charge in [-0.05, 0) is 23.3 Å². The van der Waals surface area contributed by atoms with E-state index in [0.29, 0.717) is 0 Å². The number of halogens is 3. The Morgan fingerprint density at radius 2 is 1.88 bits per heavy atom. The molecule has 2 aromatic rings. The fraction of sp³-hybridized carbons (Fsp3) is 0.294. The zero-order valence-electron chi connectivity index (χ0n) is 13.6. The minimum atomic E-state index is -4.78. The smallest absolute Gasteiger partial charge is 0.434 e. The summed E-state index contributed by atoms with van der Waals surface area (Å²) in [6, 6.07) is 12.8. The van der Waals surface area contributed by atoms with Gasteiger partial charge in [-0.2, -0.15) is 18.4 Å². The van der Waals surface area contributed by atoms with Crippen LogP contribution in [0.15, 0.2) is 42.5 Å². The van der Waals surface area contributed by atoms with Crippen LogP contribution in [0.3, 0.4) is 0 Å². The molecule has 0 aliphatic heterocycles. The lowest BCUT2D eigenvalue weighted by atomic mass is 10.2. The van der Waals surface area contributed by atoms with E-state index < -0.39 is 28.6 Å². The van der Waals surface area contributed by atoms with Crippen LogP contribution in [0.2, 0.25) is 0 Å². The second-order valence-electron chi connectivity index (χ2n) is 5.36. The van der Waals surface area contributed by atoms with E-state index in [0.717, 1.165) is 11.6 Å². The highest BCUT2D eigenvalue weighted by Crippen LogP contribution is 2.31. The largest absolute Gasteiger partial charge is 0.615 e. The van der Waals surface area contributed by atoms with E-state index >= 15 is 0 Å². The maximum absolute atomic E-state index is 13.1. The Hall–Kier alpha value is -2.28. The monoisotopic (exact) mass is 383 g/mol. The molecular formula is C17H16F3N3O2S. The molecule has 1 N–H and O–H groups in total. The number of hydrogen-bond donors (Lipinski definition) is 1. The zero-order valence-corrected chi connectivity index (χ0v) is 14.4. The summed E-state index contributed by atoms with van der Waals surface area (Å²) >= 11 is -1.41. The highest BCUT2D eigenvalue weighted by Gasteiger charge is 2.36. The zero-order chi connectivity index (χ0) is 19.2. The van der Waals surface area contributed by atoms with Gasteiger partial charge in [-0.25, -0.2) is 4.98 Å². The second-order valence-corrected chi connectivity index (χ2v) is 6.79. The summed E-state index contributed by atoms with van der Waals surface area (Å²) in [7, 11) is 0. The maximum atomic E-state index is 13.1. The predicted octanol–water partition coefficient (Wildman–Crippen LogP) is 2.68. The number of anilines is 1. The highest BCUT2D eigenvalue weighted by molar-refractivity contribution is 7.90. The molecule has 26 heavy (non-hydrogen) atoms. The van der Waals surface area contributed by atoms with Gasteiger partial charge in [-0.15, -0.1) is 0 Å². The van der Waals surface area contributed by atoms with E-state index in [9.17, 15) is 22.8 Å². The van der Waals surface area contributed by atoms with Crippen molar-refractivity contribution in [2.75, 3.05) is 23.9 Å². The molecule has 0 saturated heterocycles. The molecule has 138 valence electrons. The lowest BCUT2D eigenvalue weighted by molar-refractivity contribution is -0.141. The molecule has 2 rings (SSSR count). The first kappa shape index (κ1) is 20.0. The Balaban J connectivity index is 2.22. The molecule has 0 amide bonds. The summed E-state index contributed by atoms with van der Waals surface area (Å²) in [4.78, 5) is 4.84. The van der Waals surface area contributed by atoms with Gasteiger partial charge >= 0.3 is 6.18 Å². The quantitative estimate of drug-likeness (QED) is 0.744. The molecule has 1 aromatic heterocycles. The van der Waals surface area contributed by atoms with Gasteiger partial charge in [0.1, 0.15) is 17.6 Å². The molecule has 0 radical (unpaired) electrons. The van der Waals surface area contributed by atoms with Gasteiger partial charge < -0.3 is 14.6 Å². The average Bonchev–Trinajstić information content (AvgIpc) is 2.61. The van der Waals surface area contributed by atoms with Crippen LogP contribution in [0.1, 0.15) is 16.8 Å². The van der Waals surface area contributed by atoms with Crippen LogP contribution >= 0.6 is 0 Å². The third-order valence-corrected chi connectivity index (χ3v) is 4.69. The highest BCUT2D eigenvalue weighted by atomic mass is 32.2. The Morgan fingerprint density at radius 1 is 1.19 bits per heavy atom. The molecule has 0 bridgehead atoms. The van der Waals surface area contributed by atoms with Gasteiger partial charge in [-0.3, -0.25) is 0 Å². The molecule has 0 spiro atoms. The molecule has 0 aliphatic rings. The number of aliphatic hydroxyl groups is 1. The number of nitriles is 1. The Bertz CT molecular complexity index is 766. The van der Waals surface area contributed by atoms with Gasteiger partial charge in [-0.1, -0.05) is 30.3 Å². The van der Waals surface area contributed by atoms with Gasteiger partial charge in [0.2, 0.25) is 0 Å². The molecule has 0 aliphatic carbocycles. The van der Waals surface area contributed by atoms with Crippen LogP contribution in [-0.4, -0.2) is 33.7 Å². The molecule has 9 heteroatoms.